The third-order valence-corrected chi connectivity index (χ3v) is 6.73. The van der Waals surface area contributed by atoms with Gasteiger partial charge in [-0.2, -0.15) is 0 Å². The first kappa shape index (κ1) is 15.7. The van der Waals surface area contributed by atoms with Gasteiger partial charge >= 0.3 is 5.97 Å². The van der Waals surface area contributed by atoms with E-state index in [1.165, 1.54) is 47.1 Å². The normalized spacial score (nSPS) is 27.6. The van der Waals surface area contributed by atoms with Crippen LogP contribution in [0, 0.1) is 0 Å². The van der Waals surface area contributed by atoms with Crippen LogP contribution >= 0.6 is 35.1 Å². The van der Waals surface area contributed by atoms with Crippen molar-refractivity contribution in [2.75, 3.05) is 18.6 Å². The van der Waals surface area contributed by atoms with Crippen LogP contribution in [0.15, 0.2) is 21.7 Å². The fourth-order valence-corrected chi connectivity index (χ4v) is 5.25. The maximum atomic E-state index is 12.2. The minimum Gasteiger partial charge on any atom is -0.477 e. The minimum atomic E-state index is -1.44. The Kier molecular flexibility index (Phi) is 4.16. The highest BCUT2D eigenvalue weighted by atomic mass is 32.2. The second-order valence-corrected chi connectivity index (χ2v) is 7.75. The summed E-state index contributed by atoms with van der Waals surface area (Å²) in [4.78, 5) is 25.0. The third-order valence-electron chi connectivity index (χ3n) is 3.42. The van der Waals surface area contributed by atoms with Crippen molar-refractivity contribution in [2.24, 2.45) is 5.73 Å². The molecule has 118 valence electrons. The number of ether oxygens (including phenoxy) is 1. The number of carboxylic acids is 1. The molecule has 1 amide bonds. The molecule has 8 nitrogen and oxygen atoms in total. The second kappa shape index (κ2) is 5.81. The Bertz CT molecular complexity index is 650. The summed E-state index contributed by atoms with van der Waals surface area (Å²) in [5, 5.41) is 12.7. The van der Waals surface area contributed by atoms with Crippen molar-refractivity contribution >= 4 is 46.9 Å². The molecule has 3 heterocycles. The van der Waals surface area contributed by atoms with Crippen molar-refractivity contribution in [3.8, 4) is 0 Å². The molecule has 0 aliphatic carbocycles. The lowest BCUT2D eigenvalue weighted by molar-refractivity contribution is -0.182. The summed E-state index contributed by atoms with van der Waals surface area (Å²) in [5.74, 6) is -0.710. The number of hydrogen-bond donors (Lipinski definition) is 2. The monoisotopic (exact) mass is 360 g/mol. The van der Waals surface area contributed by atoms with Crippen LogP contribution in [0.1, 0.15) is 0 Å². The molecule has 1 aromatic heterocycles. The lowest BCUT2D eigenvalue weighted by atomic mass is 10.00. The number of carbonyl (C=O) groups excluding carboxylic acids is 1. The van der Waals surface area contributed by atoms with E-state index in [-0.39, 0.29) is 5.70 Å². The van der Waals surface area contributed by atoms with Gasteiger partial charge in [0.15, 0.2) is 0 Å². The minimum absolute atomic E-state index is 0.0110. The number of fused-ring (bicyclic) bond motifs is 1. The Hall–Kier alpha value is -1.14. The van der Waals surface area contributed by atoms with E-state index in [0.717, 1.165) is 4.21 Å². The Morgan fingerprint density at radius 1 is 1.73 bits per heavy atom. The van der Waals surface area contributed by atoms with Crippen LogP contribution in [0.2, 0.25) is 0 Å². The van der Waals surface area contributed by atoms with Crippen LogP contribution in [0.5, 0.6) is 0 Å². The standard InChI is InChI=1S/C11H12N4O4S3/c1-19-11(12)9(18)15-7(8(16)17)5(4-21-10(11)15)3-20-6-2-13-14-22-6/h2,10H,3-4,12H2,1H3,(H,16,17)/t10-,11+/m1/s1. The van der Waals surface area contributed by atoms with Crippen molar-refractivity contribution in [1.82, 2.24) is 14.5 Å². The van der Waals surface area contributed by atoms with Crippen molar-refractivity contribution < 1.29 is 19.4 Å². The summed E-state index contributed by atoms with van der Waals surface area (Å²) in [5.41, 5.74) is 5.14. The van der Waals surface area contributed by atoms with Gasteiger partial charge in [0, 0.05) is 18.6 Å². The first-order chi connectivity index (χ1) is 10.5. The number of β-lactam (4-membered cyclic amide) rings is 1. The van der Waals surface area contributed by atoms with Crippen LogP contribution in [-0.4, -0.2) is 61.2 Å². The molecule has 11 heteroatoms. The van der Waals surface area contributed by atoms with Gasteiger partial charge in [0.1, 0.15) is 15.3 Å². The smallest absolute Gasteiger partial charge is 0.352 e. The van der Waals surface area contributed by atoms with Crippen molar-refractivity contribution in [3.63, 3.8) is 0 Å². The summed E-state index contributed by atoms with van der Waals surface area (Å²) in [6.45, 7) is 0. The van der Waals surface area contributed by atoms with E-state index < -0.39 is 23.0 Å². The Morgan fingerprint density at radius 2 is 2.50 bits per heavy atom. The van der Waals surface area contributed by atoms with Gasteiger partial charge in [-0.05, 0) is 17.1 Å². The number of amides is 1. The van der Waals surface area contributed by atoms with Gasteiger partial charge in [0.05, 0.1) is 6.20 Å². The summed E-state index contributed by atoms with van der Waals surface area (Å²) in [6.07, 6.45) is 1.62. The molecule has 3 rings (SSSR count). The summed E-state index contributed by atoms with van der Waals surface area (Å²) < 4.78 is 9.72. The number of nitrogens with zero attached hydrogens (tertiary/aromatic N) is 3. The molecule has 0 bridgehead atoms. The molecular formula is C11H12N4O4S3. The molecule has 1 saturated heterocycles. The van der Waals surface area contributed by atoms with Gasteiger partial charge in [-0.25, -0.2) is 4.79 Å². The fourth-order valence-electron chi connectivity index (χ4n) is 2.29. The van der Waals surface area contributed by atoms with Gasteiger partial charge in [0.25, 0.3) is 5.91 Å². The lowest BCUT2D eigenvalue weighted by Gasteiger charge is -2.54. The molecule has 0 aromatic carbocycles. The molecule has 0 radical (unpaired) electrons. The van der Waals surface area contributed by atoms with Gasteiger partial charge in [-0.15, -0.1) is 28.6 Å². The molecule has 3 N–H and O–H groups in total. The zero-order valence-electron chi connectivity index (χ0n) is 11.4. The number of nitrogens with two attached hydrogens (primary N) is 1. The van der Waals surface area contributed by atoms with Crippen LogP contribution in [0.4, 0.5) is 0 Å². The lowest BCUT2D eigenvalue weighted by Crippen LogP contribution is -2.78. The molecule has 1 fully saturated rings. The van der Waals surface area contributed by atoms with Gasteiger partial charge in [-0.3, -0.25) is 15.4 Å². The van der Waals surface area contributed by atoms with Crippen molar-refractivity contribution in [2.45, 2.75) is 15.3 Å². The number of carboxylic acid groups (broad SMARTS) is 1. The largest absolute Gasteiger partial charge is 0.477 e. The number of methoxy groups -OCH3 is 1. The van der Waals surface area contributed by atoms with Crippen molar-refractivity contribution in [1.29, 1.82) is 0 Å². The molecule has 1 aromatic rings. The number of hydrogen-bond acceptors (Lipinski definition) is 9. The maximum Gasteiger partial charge on any atom is 0.352 e. The molecule has 22 heavy (non-hydrogen) atoms. The first-order valence-corrected chi connectivity index (χ1v) is 8.94. The van der Waals surface area contributed by atoms with Crippen LogP contribution < -0.4 is 5.73 Å². The molecule has 0 unspecified atom stereocenters. The highest BCUT2D eigenvalue weighted by molar-refractivity contribution is 8.01. The van der Waals surface area contributed by atoms with Gasteiger partial charge in [-0.1, -0.05) is 4.49 Å². The van der Waals surface area contributed by atoms with Crippen LogP contribution in [0.3, 0.4) is 0 Å². The zero-order chi connectivity index (χ0) is 15.9. The third kappa shape index (κ3) is 2.33. The summed E-state index contributed by atoms with van der Waals surface area (Å²) >= 11 is 4.10. The average Bonchev–Trinajstić information content (AvgIpc) is 3.03. The van der Waals surface area contributed by atoms with E-state index in [1.807, 2.05) is 0 Å². The predicted octanol–water partition coefficient (Wildman–Crippen LogP) is 0.185. The van der Waals surface area contributed by atoms with E-state index in [2.05, 4.69) is 9.59 Å². The molecule has 0 spiro atoms. The predicted molar refractivity (Wildman–Crippen MR) is 82.3 cm³/mol. The number of thioether (sulfide) groups is 2. The summed E-state index contributed by atoms with van der Waals surface area (Å²) in [7, 11) is 1.35. The number of rotatable bonds is 5. The second-order valence-electron chi connectivity index (χ2n) is 4.62. The van der Waals surface area contributed by atoms with Gasteiger partial charge in [0.2, 0.25) is 5.72 Å². The number of carbonyl (C=O) groups is 2. The van der Waals surface area contributed by atoms with Gasteiger partial charge < -0.3 is 9.84 Å². The highest BCUT2D eigenvalue weighted by Crippen LogP contribution is 2.46. The SMILES string of the molecule is CO[C@@]1(N)C(=O)N2C(C(=O)O)=C(CSc3cnns3)CS[C@@H]21. The Balaban J connectivity index is 1.85. The highest BCUT2D eigenvalue weighted by Gasteiger charge is 2.63. The van der Waals surface area contributed by atoms with Crippen LogP contribution in [-0.2, 0) is 14.3 Å². The van der Waals surface area contributed by atoms with E-state index in [9.17, 15) is 14.7 Å². The van der Waals surface area contributed by atoms with E-state index in [0.29, 0.717) is 17.1 Å². The average molecular weight is 360 g/mol. The fraction of sp³-hybridized carbons (Fsp3) is 0.455. The van der Waals surface area contributed by atoms with E-state index in [4.69, 9.17) is 10.5 Å². The number of aliphatic carboxylic acids is 1. The first-order valence-electron chi connectivity index (χ1n) is 6.13. The number of aromatic nitrogens is 2. The van der Waals surface area contributed by atoms with Crippen molar-refractivity contribution in [3.05, 3.63) is 17.5 Å². The molecule has 0 saturated carbocycles. The molecule has 2 aliphatic rings. The Labute approximate surface area is 138 Å². The molecule has 2 aliphatic heterocycles. The topological polar surface area (TPSA) is 119 Å². The Morgan fingerprint density at radius 3 is 3.09 bits per heavy atom. The molecular weight excluding hydrogens is 348 g/mol. The quantitative estimate of drug-likeness (QED) is 0.431. The maximum absolute atomic E-state index is 12.2. The van der Waals surface area contributed by atoms with E-state index >= 15 is 0 Å². The summed E-state index contributed by atoms with van der Waals surface area (Å²) in [6, 6.07) is 0. The molecule has 2 atom stereocenters. The zero-order valence-corrected chi connectivity index (χ0v) is 13.8. The van der Waals surface area contributed by atoms with Crippen LogP contribution in [0.25, 0.3) is 0 Å². The van der Waals surface area contributed by atoms with E-state index in [1.54, 1.807) is 6.20 Å².